The van der Waals surface area contributed by atoms with E-state index in [9.17, 15) is 0 Å². The third kappa shape index (κ3) is 1.21. The Morgan fingerprint density at radius 1 is 1.54 bits per heavy atom. The van der Waals surface area contributed by atoms with Gasteiger partial charge >= 0.3 is 0 Å². The average Bonchev–Trinajstić information content (AvgIpc) is 2.47. The zero-order valence-corrected chi connectivity index (χ0v) is 8.51. The van der Waals surface area contributed by atoms with Gasteiger partial charge in [0.05, 0.1) is 5.56 Å². The summed E-state index contributed by atoms with van der Waals surface area (Å²) in [4.78, 5) is 0. The molecule has 0 bridgehead atoms. The smallest absolute Gasteiger partial charge is 0.110 e. The molecule has 0 amide bonds. The summed E-state index contributed by atoms with van der Waals surface area (Å²) in [6, 6.07) is 5.83. The van der Waals surface area contributed by atoms with Crippen LogP contribution in [0.5, 0.6) is 0 Å². The van der Waals surface area contributed by atoms with Crippen molar-refractivity contribution in [3.8, 4) is 6.07 Å². The molecule has 0 saturated carbocycles. The summed E-state index contributed by atoms with van der Waals surface area (Å²) in [5.74, 6) is 0. The molecule has 0 saturated heterocycles. The molecule has 1 aromatic carbocycles. The molecule has 13 heavy (non-hydrogen) atoms. The van der Waals surface area contributed by atoms with Gasteiger partial charge in [-0.25, -0.2) is 0 Å². The zero-order valence-electron chi connectivity index (χ0n) is 6.93. The van der Waals surface area contributed by atoms with Crippen LogP contribution in [-0.4, -0.2) is 10.2 Å². The van der Waals surface area contributed by atoms with Crippen molar-refractivity contribution in [2.75, 3.05) is 0 Å². The van der Waals surface area contributed by atoms with Crippen molar-refractivity contribution in [1.29, 1.82) is 5.26 Å². The Kier molecular flexibility index (Phi) is 1.82. The second-order valence-electron chi connectivity index (χ2n) is 2.81. The van der Waals surface area contributed by atoms with Crippen LogP contribution in [0.2, 0.25) is 0 Å². The number of nitriles is 1. The number of rotatable bonds is 0. The first kappa shape index (κ1) is 8.27. The lowest BCUT2D eigenvalue weighted by Crippen LogP contribution is -1.78. The van der Waals surface area contributed by atoms with Gasteiger partial charge < -0.3 is 0 Å². The Hall–Kier alpha value is -1.34. The fourth-order valence-electron chi connectivity index (χ4n) is 1.29. The second-order valence-corrected chi connectivity index (χ2v) is 3.73. The molecule has 2 aromatic rings. The highest BCUT2D eigenvalue weighted by Crippen LogP contribution is 2.24. The Morgan fingerprint density at radius 2 is 2.31 bits per heavy atom. The van der Waals surface area contributed by atoms with E-state index >= 15 is 0 Å². The van der Waals surface area contributed by atoms with Crippen LogP contribution in [-0.2, 0) is 0 Å². The minimum Gasteiger partial charge on any atom is -0.282 e. The number of aromatic amines is 1. The number of aromatic nitrogens is 2. The summed E-state index contributed by atoms with van der Waals surface area (Å²) in [7, 11) is 0. The van der Waals surface area contributed by atoms with Crippen molar-refractivity contribution in [2.24, 2.45) is 0 Å². The number of hydrogen-bond donors (Lipinski definition) is 1. The van der Waals surface area contributed by atoms with E-state index in [1.165, 1.54) is 0 Å². The molecule has 0 fully saturated rings. The van der Waals surface area contributed by atoms with Gasteiger partial charge in [-0.15, -0.1) is 0 Å². The molecule has 2 rings (SSSR count). The van der Waals surface area contributed by atoms with Crippen LogP contribution in [0.15, 0.2) is 16.6 Å². The Bertz CT molecular complexity index is 507. The summed E-state index contributed by atoms with van der Waals surface area (Å²) in [5.41, 5.74) is 2.31. The van der Waals surface area contributed by atoms with E-state index in [4.69, 9.17) is 5.26 Å². The number of nitrogens with zero attached hydrogens (tertiary/aromatic N) is 2. The standard InChI is InChI=1S/C9H6BrN3/c1-5-8-3-7(10)2-6(4-11)9(8)13-12-5/h2-3H,1H3,(H,12,13). The van der Waals surface area contributed by atoms with E-state index in [2.05, 4.69) is 32.2 Å². The lowest BCUT2D eigenvalue weighted by atomic mass is 10.1. The molecule has 1 N–H and O–H groups in total. The van der Waals surface area contributed by atoms with E-state index < -0.39 is 0 Å². The van der Waals surface area contributed by atoms with Crippen LogP contribution < -0.4 is 0 Å². The van der Waals surface area contributed by atoms with Crippen LogP contribution >= 0.6 is 15.9 Å². The van der Waals surface area contributed by atoms with Gasteiger partial charge in [-0.2, -0.15) is 10.4 Å². The Labute approximate surface area is 83.5 Å². The topological polar surface area (TPSA) is 52.5 Å². The molecule has 0 aliphatic carbocycles. The molecule has 0 atom stereocenters. The Morgan fingerprint density at radius 3 is 3.00 bits per heavy atom. The minimum absolute atomic E-state index is 0.591. The number of aryl methyl sites for hydroxylation is 1. The summed E-state index contributed by atoms with van der Waals surface area (Å²) >= 11 is 3.35. The number of hydrogen-bond acceptors (Lipinski definition) is 2. The van der Waals surface area contributed by atoms with Crippen LogP contribution in [0.4, 0.5) is 0 Å². The molecule has 0 radical (unpaired) electrons. The molecule has 0 spiro atoms. The van der Waals surface area contributed by atoms with Crippen LogP contribution in [0.3, 0.4) is 0 Å². The summed E-state index contributed by atoms with van der Waals surface area (Å²) in [5, 5.41) is 16.8. The first-order chi connectivity index (χ1) is 6.22. The monoisotopic (exact) mass is 235 g/mol. The van der Waals surface area contributed by atoms with E-state index in [0.29, 0.717) is 5.56 Å². The molecular weight excluding hydrogens is 230 g/mol. The molecule has 64 valence electrons. The maximum Gasteiger partial charge on any atom is 0.110 e. The van der Waals surface area contributed by atoms with Gasteiger partial charge in [0.2, 0.25) is 0 Å². The maximum atomic E-state index is 8.84. The molecule has 0 unspecified atom stereocenters. The number of fused-ring (bicyclic) bond motifs is 1. The van der Waals surface area contributed by atoms with Gasteiger partial charge in [-0.3, -0.25) is 5.10 Å². The largest absolute Gasteiger partial charge is 0.282 e. The van der Waals surface area contributed by atoms with Crippen molar-refractivity contribution in [2.45, 2.75) is 6.92 Å². The van der Waals surface area contributed by atoms with Gasteiger partial charge in [0.15, 0.2) is 0 Å². The lowest BCUT2D eigenvalue weighted by Gasteiger charge is -1.94. The molecular formula is C9H6BrN3. The van der Waals surface area contributed by atoms with Crippen molar-refractivity contribution in [1.82, 2.24) is 10.2 Å². The lowest BCUT2D eigenvalue weighted by molar-refractivity contribution is 1.07. The third-order valence-electron chi connectivity index (χ3n) is 1.93. The van der Waals surface area contributed by atoms with E-state index in [0.717, 1.165) is 21.1 Å². The highest BCUT2D eigenvalue weighted by molar-refractivity contribution is 9.10. The Balaban J connectivity index is 2.94. The number of benzene rings is 1. The van der Waals surface area contributed by atoms with Gasteiger partial charge in [0.1, 0.15) is 11.6 Å². The third-order valence-corrected chi connectivity index (χ3v) is 2.39. The first-order valence-corrected chi connectivity index (χ1v) is 4.56. The minimum atomic E-state index is 0.591. The van der Waals surface area contributed by atoms with E-state index in [1.807, 2.05) is 13.0 Å². The second kappa shape index (κ2) is 2.86. The highest BCUT2D eigenvalue weighted by Gasteiger charge is 2.07. The molecule has 4 heteroatoms. The maximum absolute atomic E-state index is 8.84. The quantitative estimate of drug-likeness (QED) is 0.763. The molecule has 1 aromatic heterocycles. The van der Waals surface area contributed by atoms with E-state index in [1.54, 1.807) is 6.07 Å². The van der Waals surface area contributed by atoms with Crippen LogP contribution in [0.1, 0.15) is 11.3 Å². The van der Waals surface area contributed by atoms with Crippen molar-refractivity contribution >= 4 is 26.8 Å². The number of nitrogens with one attached hydrogen (secondary N) is 1. The first-order valence-electron chi connectivity index (χ1n) is 3.76. The van der Waals surface area contributed by atoms with Crippen molar-refractivity contribution in [3.63, 3.8) is 0 Å². The molecule has 0 aliphatic rings. The molecule has 3 nitrogen and oxygen atoms in total. The molecule has 1 heterocycles. The normalized spacial score (nSPS) is 10.2. The van der Waals surface area contributed by atoms with Gasteiger partial charge in [0.25, 0.3) is 0 Å². The average molecular weight is 236 g/mol. The highest BCUT2D eigenvalue weighted by atomic mass is 79.9. The zero-order chi connectivity index (χ0) is 9.42. The fourth-order valence-corrected chi connectivity index (χ4v) is 1.75. The fraction of sp³-hybridized carbons (Fsp3) is 0.111. The van der Waals surface area contributed by atoms with Crippen LogP contribution in [0, 0.1) is 18.3 Å². The van der Waals surface area contributed by atoms with Gasteiger partial charge in [-0.05, 0) is 19.1 Å². The predicted octanol–water partition coefficient (Wildman–Crippen LogP) is 2.51. The van der Waals surface area contributed by atoms with E-state index in [-0.39, 0.29) is 0 Å². The number of H-pyrrole nitrogens is 1. The SMILES string of the molecule is Cc1[nH]nc2c(C#N)cc(Br)cc12. The summed E-state index contributed by atoms with van der Waals surface area (Å²) in [6.07, 6.45) is 0. The van der Waals surface area contributed by atoms with Crippen LogP contribution in [0.25, 0.3) is 10.9 Å². The number of halogens is 1. The molecule has 0 aliphatic heterocycles. The summed E-state index contributed by atoms with van der Waals surface area (Å²) < 4.78 is 0.904. The predicted molar refractivity (Wildman–Crippen MR) is 53.2 cm³/mol. The van der Waals surface area contributed by atoms with Gasteiger partial charge in [0, 0.05) is 15.6 Å². The summed E-state index contributed by atoms with van der Waals surface area (Å²) in [6.45, 7) is 1.93. The van der Waals surface area contributed by atoms with Gasteiger partial charge in [-0.1, -0.05) is 15.9 Å². The van der Waals surface area contributed by atoms with Crippen molar-refractivity contribution in [3.05, 3.63) is 27.9 Å². The van der Waals surface area contributed by atoms with Crippen molar-refractivity contribution < 1.29 is 0 Å².